The maximum Gasteiger partial charge on any atom is 0.107 e. The Labute approximate surface area is 74.6 Å². The Morgan fingerprint density at radius 2 is 1.00 bits per heavy atom. The summed E-state index contributed by atoms with van der Waals surface area (Å²) in [6.07, 6.45) is 3.63. The molecule has 0 unspecified atom stereocenters. The molecule has 0 aromatic heterocycles. The lowest BCUT2D eigenvalue weighted by Gasteiger charge is -1.80. The Kier molecular flexibility index (Phi) is 10.8. The van der Waals surface area contributed by atoms with Crippen molar-refractivity contribution in [3.05, 3.63) is 0 Å². The van der Waals surface area contributed by atoms with Gasteiger partial charge in [0.25, 0.3) is 0 Å². The van der Waals surface area contributed by atoms with E-state index in [1.54, 1.807) is 0 Å². The Bertz CT molecular complexity index is 171. The fourth-order valence-electron chi connectivity index (χ4n) is 0.258. The highest BCUT2D eigenvalue weighted by Crippen LogP contribution is 1.83. The second kappa shape index (κ2) is 9.72. The van der Waals surface area contributed by atoms with Gasteiger partial charge in [0.1, 0.15) is 12.2 Å². The summed E-state index contributed by atoms with van der Waals surface area (Å²) in [4.78, 5) is 0. The molecule has 2 heteroatoms. The molecule has 0 aliphatic carbocycles. The molecule has 0 rings (SSSR count). The molecule has 0 radical (unpaired) electrons. The number of hydrogen-bond donors (Lipinski definition) is 2. The van der Waals surface area contributed by atoms with Gasteiger partial charge in [-0.15, -0.1) is 0 Å². The van der Waals surface area contributed by atoms with Gasteiger partial charge in [0, 0.05) is 11.8 Å². The lowest BCUT2D eigenvalue weighted by atomic mass is 10.2. The fourth-order valence-corrected chi connectivity index (χ4v) is 0.258. The van der Waals surface area contributed by atoms with Gasteiger partial charge < -0.3 is 10.2 Å². The largest absolute Gasteiger partial charge is 0.462 e. The van der Waals surface area contributed by atoms with E-state index in [4.69, 9.17) is 10.2 Å². The lowest BCUT2D eigenvalue weighted by molar-refractivity contribution is 0.514. The van der Waals surface area contributed by atoms with Crippen molar-refractivity contribution in [2.45, 2.75) is 27.7 Å². The van der Waals surface area contributed by atoms with Crippen LogP contribution in [0.5, 0.6) is 0 Å². The summed E-state index contributed by atoms with van der Waals surface area (Å²) < 4.78 is 0. The van der Waals surface area contributed by atoms with Gasteiger partial charge in [0.15, 0.2) is 0 Å². The predicted molar refractivity (Wildman–Crippen MR) is 49.1 cm³/mol. The SMILES string of the molecule is CC(C)C#CO.CC(C)C#CO. The van der Waals surface area contributed by atoms with E-state index in [0.717, 1.165) is 0 Å². The van der Waals surface area contributed by atoms with Crippen LogP contribution in [0.15, 0.2) is 0 Å². The first kappa shape index (κ1) is 13.3. The van der Waals surface area contributed by atoms with Gasteiger partial charge in [0.05, 0.1) is 0 Å². The molecule has 0 aliphatic heterocycles. The summed E-state index contributed by atoms with van der Waals surface area (Å²) in [5, 5.41) is 15.8. The molecule has 0 saturated carbocycles. The van der Waals surface area contributed by atoms with Crippen LogP contribution >= 0.6 is 0 Å². The third-order valence-electron chi connectivity index (χ3n) is 0.706. The van der Waals surface area contributed by atoms with Crippen LogP contribution in [0, 0.1) is 35.9 Å². The molecule has 68 valence electrons. The zero-order chi connectivity index (χ0) is 9.98. The van der Waals surface area contributed by atoms with E-state index >= 15 is 0 Å². The number of rotatable bonds is 0. The first-order valence-corrected chi connectivity index (χ1v) is 3.83. The smallest absolute Gasteiger partial charge is 0.107 e. The molecule has 0 aromatic rings. The van der Waals surface area contributed by atoms with Gasteiger partial charge in [0.2, 0.25) is 0 Å². The van der Waals surface area contributed by atoms with E-state index in [1.807, 2.05) is 39.9 Å². The van der Waals surface area contributed by atoms with E-state index in [-0.39, 0.29) is 11.8 Å². The van der Waals surface area contributed by atoms with Crippen LogP contribution in [0.4, 0.5) is 0 Å². The molecular weight excluding hydrogens is 152 g/mol. The van der Waals surface area contributed by atoms with Crippen molar-refractivity contribution in [2.24, 2.45) is 11.8 Å². The van der Waals surface area contributed by atoms with Crippen molar-refractivity contribution in [1.29, 1.82) is 0 Å². The normalized spacial score (nSPS) is 7.17. The highest BCUT2D eigenvalue weighted by Gasteiger charge is 1.77. The summed E-state index contributed by atoms with van der Waals surface area (Å²) in [5.74, 6) is 5.60. The number of aliphatic hydroxyl groups is 2. The van der Waals surface area contributed by atoms with Crippen LogP contribution in [0.1, 0.15) is 27.7 Å². The Morgan fingerprint density at radius 3 is 1.00 bits per heavy atom. The number of hydrogen-bond acceptors (Lipinski definition) is 2. The van der Waals surface area contributed by atoms with Crippen molar-refractivity contribution >= 4 is 0 Å². The monoisotopic (exact) mass is 168 g/mol. The van der Waals surface area contributed by atoms with Gasteiger partial charge in [-0.25, -0.2) is 0 Å². The molecular formula is C10H16O2. The molecule has 2 nitrogen and oxygen atoms in total. The predicted octanol–water partition coefficient (Wildman–Crippen LogP) is 1.95. The van der Waals surface area contributed by atoms with Crippen LogP contribution in [0.25, 0.3) is 0 Å². The van der Waals surface area contributed by atoms with Crippen molar-refractivity contribution in [3.63, 3.8) is 0 Å². The van der Waals surface area contributed by atoms with Gasteiger partial charge in [-0.05, 0) is 0 Å². The van der Waals surface area contributed by atoms with Crippen molar-refractivity contribution < 1.29 is 10.2 Å². The molecule has 2 N–H and O–H groups in total. The molecule has 0 heterocycles. The summed E-state index contributed by atoms with van der Waals surface area (Å²) in [5.41, 5.74) is 0. The topological polar surface area (TPSA) is 40.5 Å². The minimum atomic E-state index is 0.287. The standard InChI is InChI=1S/2C5H8O/c2*1-5(2)3-4-6/h2*5-6H,1-2H3. The second-order valence-corrected chi connectivity index (χ2v) is 2.82. The molecule has 0 aliphatic rings. The van der Waals surface area contributed by atoms with E-state index < -0.39 is 0 Å². The lowest BCUT2D eigenvalue weighted by Crippen LogP contribution is -1.75. The van der Waals surface area contributed by atoms with Gasteiger partial charge in [-0.2, -0.15) is 0 Å². The molecule has 0 amide bonds. The van der Waals surface area contributed by atoms with E-state index in [2.05, 4.69) is 11.8 Å². The van der Waals surface area contributed by atoms with Crippen LogP contribution in [-0.4, -0.2) is 10.2 Å². The third kappa shape index (κ3) is 23.3. The maximum absolute atomic E-state index is 7.88. The average molecular weight is 168 g/mol. The van der Waals surface area contributed by atoms with Crippen molar-refractivity contribution in [3.8, 4) is 24.1 Å². The molecule has 0 saturated heterocycles. The Hall–Kier alpha value is -1.28. The van der Waals surface area contributed by atoms with E-state index in [1.165, 1.54) is 0 Å². The molecule has 0 fully saturated rings. The third-order valence-corrected chi connectivity index (χ3v) is 0.706. The molecule has 12 heavy (non-hydrogen) atoms. The summed E-state index contributed by atoms with van der Waals surface area (Å²) in [6, 6.07) is 0. The van der Waals surface area contributed by atoms with E-state index in [0.29, 0.717) is 0 Å². The second-order valence-electron chi connectivity index (χ2n) is 2.82. The minimum Gasteiger partial charge on any atom is -0.462 e. The summed E-state index contributed by atoms with van der Waals surface area (Å²) >= 11 is 0. The van der Waals surface area contributed by atoms with Gasteiger partial charge >= 0.3 is 0 Å². The van der Waals surface area contributed by atoms with Crippen LogP contribution in [-0.2, 0) is 0 Å². The molecule has 0 spiro atoms. The fraction of sp³-hybridized carbons (Fsp3) is 0.600. The van der Waals surface area contributed by atoms with Crippen LogP contribution in [0.3, 0.4) is 0 Å². The molecule has 0 bridgehead atoms. The molecule has 0 atom stereocenters. The van der Waals surface area contributed by atoms with Crippen LogP contribution < -0.4 is 0 Å². The Morgan fingerprint density at radius 1 is 0.750 bits per heavy atom. The van der Waals surface area contributed by atoms with Gasteiger partial charge in [-0.3, -0.25) is 0 Å². The number of aliphatic hydroxyl groups excluding tert-OH is 2. The van der Waals surface area contributed by atoms with Crippen molar-refractivity contribution in [1.82, 2.24) is 0 Å². The zero-order valence-corrected chi connectivity index (χ0v) is 8.05. The highest BCUT2D eigenvalue weighted by atomic mass is 16.2. The average Bonchev–Trinajstić information content (AvgIpc) is 1.87. The highest BCUT2D eigenvalue weighted by molar-refractivity contribution is 4.92. The maximum atomic E-state index is 7.88. The van der Waals surface area contributed by atoms with Crippen molar-refractivity contribution in [2.75, 3.05) is 0 Å². The first-order valence-electron chi connectivity index (χ1n) is 3.83. The quantitative estimate of drug-likeness (QED) is 0.543. The summed E-state index contributed by atoms with van der Waals surface area (Å²) in [7, 11) is 0. The Balaban J connectivity index is 0. The minimum absolute atomic E-state index is 0.287. The zero-order valence-electron chi connectivity index (χ0n) is 8.05. The first-order chi connectivity index (χ1) is 5.54. The molecule has 0 aromatic carbocycles. The van der Waals surface area contributed by atoms with E-state index in [9.17, 15) is 0 Å². The summed E-state index contributed by atoms with van der Waals surface area (Å²) in [6.45, 7) is 7.68. The van der Waals surface area contributed by atoms with Gasteiger partial charge in [-0.1, -0.05) is 39.5 Å². The van der Waals surface area contributed by atoms with Crippen LogP contribution in [0.2, 0.25) is 0 Å².